The lowest BCUT2D eigenvalue weighted by Crippen LogP contribution is -2.39. The first-order valence-corrected chi connectivity index (χ1v) is 9.25. The average Bonchev–Trinajstić information content (AvgIpc) is 3.03. The molecule has 1 atom stereocenters. The van der Waals surface area contributed by atoms with Crippen molar-refractivity contribution in [3.8, 4) is 0 Å². The summed E-state index contributed by atoms with van der Waals surface area (Å²) in [5.41, 5.74) is 9.14. The highest BCUT2D eigenvalue weighted by Gasteiger charge is 2.28. The number of benzene rings is 1. The Bertz CT molecular complexity index is 755. The molecule has 6 heteroatoms. The molecule has 6 nitrogen and oxygen atoms in total. The van der Waals surface area contributed by atoms with E-state index in [0.29, 0.717) is 38.0 Å². The summed E-state index contributed by atoms with van der Waals surface area (Å²) in [6.45, 7) is 9.11. The number of nitrogens with two attached hydrogens (primary N) is 1. The summed E-state index contributed by atoms with van der Waals surface area (Å²) < 4.78 is 7.63. The standard InChI is InChI=1S/C20H28N4O2/c1-14(2)15(3)19-17(11-21)24-10-9-23(12-18(24)22-19)20(25)26-13-16-7-5-4-6-8-16/h4-8,14-15H,9-13,21H2,1-3H3/t15-/m1/s1. The van der Waals surface area contributed by atoms with Gasteiger partial charge in [-0.05, 0) is 11.5 Å². The van der Waals surface area contributed by atoms with Crippen molar-refractivity contribution < 1.29 is 9.53 Å². The fourth-order valence-electron chi connectivity index (χ4n) is 3.27. The summed E-state index contributed by atoms with van der Waals surface area (Å²) in [6, 6.07) is 9.71. The third-order valence-electron chi connectivity index (χ3n) is 5.20. The van der Waals surface area contributed by atoms with E-state index in [2.05, 4.69) is 25.3 Å². The molecule has 26 heavy (non-hydrogen) atoms. The first kappa shape index (κ1) is 18.5. The zero-order chi connectivity index (χ0) is 18.7. The van der Waals surface area contributed by atoms with Crippen LogP contribution in [0.2, 0.25) is 0 Å². The molecule has 0 spiro atoms. The van der Waals surface area contributed by atoms with Gasteiger partial charge in [0.2, 0.25) is 0 Å². The molecule has 2 N–H and O–H groups in total. The number of carbonyl (C=O) groups excluding carboxylic acids is 1. The van der Waals surface area contributed by atoms with Crippen LogP contribution in [0.3, 0.4) is 0 Å². The number of ether oxygens (including phenoxy) is 1. The molecule has 0 saturated carbocycles. The van der Waals surface area contributed by atoms with Crippen LogP contribution in [-0.4, -0.2) is 27.1 Å². The number of rotatable bonds is 5. The van der Waals surface area contributed by atoms with Gasteiger partial charge in [0.15, 0.2) is 0 Å². The fourth-order valence-corrected chi connectivity index (χ4v) is 3.27. The molecule has 1 aromatic carbocycles. The summed E-state index contributed by atoms with van der Waals surface area (Å²) in [7, 11) is 0. The SMILES string of the molecule is CC(C)[C@@H](C)c1nc2n(c1CN)CCN(C(=O)OCc1ccccc1)C2. The molecule has 0 fully saturated rings. The van der Waals surface area contributed by atoms with Crippen molar-refractivity contribution in [2.45, 2.75) is 52.9 Å². The first-order valence-electron chi connectivity index (χ1n) is 9.25. The summed E-state index contributed by atoms with van der Waals surface area (Å²) in [5.74, 6) is 1.73. The van der Waals surface area contributed by atoms with Gasteiger partial charge in [0.1, 0.15) is 12.4 Å². The van der Waals surface area contributed by atoms with Crippen LogP contribution in [0.15, 0.2) is 30.3 Å². The molecule has 1 aliphatic rings. The Morgan fingerprint density at radius 2 is 1.96 bits per heavy atom. The third-order valence-corrected chi connectivity index (χ3v) is 5.20. The minimum atomic E-state index is -0.296. The van der Waals surface area contributed by atoms with E-state index in [4.69, 9.17) is 15.5 Å². The lowest BCUT2D eigenvalue weighted by atomic mass is 9.93. The van der Waals surface area contributed by atoms with Gasteiger partial charge in [0.25, 0.3) is 0 Å². The summed E-state index contributed by atoms with van der Waals surface area (Å²) in [6.07, 6.45) is -0.296. The van der Waals surface area contributed by atoms with Crippen molar-refractivity contribution in [1.82, 2.24) is 14.5 Å². The van der Waals surface area contributed by atoms with Gasteiger partial charge in [-0.25, -0.2) is 9.78 Å². The Morgan fingerprint density at radius 3 is 2.62 bits per heavy atom. The predicted molar refractivity (Wildman–Crippen MR) is 100 cm³/mol. The van der Waals surface area contributed by atoms with Gasteiger partial charge in [0.05, 0.1) is 17.9 Å². The van der Waals surface area contributed by atoms with Crippen LogP contribution in [0.4, 0.5) is 4.79 Å². The Kier molecular flexibility index (Phi) is 5.61. The van der Waals surface area contributed by atoms with Gasteiger partial charge in [-0.2, -0.15) is 0 Å². The number of imidazole rings is 1. The van der Waals surface area contributed by atoms with Crippen LogP contribution in [-0.2, 0) is 31.0 Å². The van der Waals surface area contributed by atoms with Gasteiger partial charge in [-0.15, -0.1) is 0 Å². The monoisotopic (exact) mass is 356 g/mol. The van der Waals surface area contributed by atoms with Gasteiger partial charge in [-0.3, -0.25) is 4.90 Å². The number of amides is 1. The Labute approximate surface area is 155 Å². The Balaban J connectivity index is 1.70. The van der Waals surface area contributed by atoms with Crippen molar-refractivity contribution in [2.75, 3.05) is 6.54 Å². The molecule has 2 aromatic rings. The van der Waals surface area contributed by atoms with Gasteiger partial charge < -0.3 is 15.0 Å². The maximum atomic E-state index is 12.4. The largest absolute Gasteiger partial charge is 0.445 e. The maximum Gasteiger partial charge on any atom is 0.410 e. The molecule has 3 rings (SSSR count). The molecule has 0 bridgehead atoms. The number of hydrogen-bond donors (Lipinski definition) is 1. The van der Waals surface area contributed by atoms with E-state index < -0.39 is 0 Å². The number of aromatic nitrogens is 2. The van der Waals surface area contributed by atoms with Crippen molar-refractivity contribution >= 4 is 6.09 Å². The van der Waals surface area contributed by atoms with Crippen LogP contribution >= 0.6 is 0 Å². The lowest BCUT2D eigenvalue weighted by Gasteiger charge is -2.27. The summed E-state index contributed by atoms with van der Waals surface area (Å²) in [4.78, 5) is 19.0. The van der Waals surface area contributed by atoms with E-state index in [1.54, 1.807) is 4.90 Å². The Hall–Kier alpha value is -2.34. The minimum Gasteiger partial charge on any atom is -0.445 e. The topological polar surface area (TPSA) is 73.4 Å². The molecule has 1 amide bonds. The number of carbonyl (C=O) groups is 1. The zero-order valence-electron chi connectivity index (χ0n) is 15.8. The zero-order valence-corrected chi connectivity index (χ0v) is 15.8. The molecule has 0 aliphatic carbocycles. The second kappa shape index (κ2) is 7.91. The van der Waals surface area contributed by atoms with Gasteiger partial charge >= 0.3 is 6.09 Å². The summed E-state index contributed by atoms with van der Waals surface area (Å²) in [5, 5.41) is 0. The van der Waals surface area contributed by atoms with E-state index >= 15 is 0 Å². The van der Waals surface area contributed by atoms with Gasteiger partial charge in [0, 0.05) is 25.6 Å². The van der Waals surface area contributed by atoms with Crippen LogP contribution in [0.5, 0.6) is 0 Å². The molecule has 2 heterocycles. The van der Waals surface area contributed by atoms with E-state index in [-0.39, 0.29) is 12.7 Å². The van der Waals surface area contributed by atoms with Crippen LogP contribution in [0.25, 0.3) is 0 Å². The molecule has 140 valence electrons. The smallest absolute Gasteiger partial charge is 0.410 e. The number of nitrogens with zero attached hydrogens (tertiary/aromatic N) is 3. The van der Waals surface area contributed by atoms with E-state index in [9.17, 15) is 4.79 Å². The minimum absolute atomic E-state index is 0.286. The molecule has 0 radical (unpaired) electrons. The van der Waals surface area contributed by atoms with E-state index in [0.717, 1.165) is 22.8 Å². The molecular formula is C20H28N4O2. The normalized spacial score (nSPS) is 15.0. The highest BCUT2D eigenvalue weighted by molar-refractivity contribution is 5.67. The predicted octanol–water partition coefficient (Wildman–Crippen LogP) is 3.25. The quantitative estimate of drug-likeness (QED) is 0.892. The maximum absolute atomic E-state index is 12.4. The molecular weight excluding hydrogens is 328 g/mol. The highest BCUT2D eigenvalue weighted by Crippen LogP contribution is 2.28. The first-order chi connectivity index (χ1) is 12.5. The number of hydrogen-bond acceptors (Lipinski definition) is 4. The van der Waals surface area contributed by atoms with Crippen molar-refractivity contribution in [3.63, 3.8) is 0 Å². The van der Waals surface area contributed by atoms with Gasteiger partial charge in [-0.1, -0.05) is 51.1 Å². The molecule has 0 unspecified atom stereocenters. The molecule has 0 saturated heterocycles. The van der Waals surface area contributed by atoms with Crippen LogP contribution < -0.4 is 5.73 Å². The van der Waals surface area contributed by atoms with Crippen molar-refractivity contribution in [2.24, 2.45) is 11.7 Å². The highest BCUT2D eigenvalue weighted by atomic mass is 16.6. The molecule has 1 aromatic heterocycles. The molecule has 1 aliphatic heterocycles. The van der Waals surface area contributed by atoms with Crippen LogP contribution in [0, 0.1) is 5.92 Å². The summed E-state index contributed by atoms with van der Waals surface area (Å²) >= 11 is 0. The Morgan fingerprint density at radius 1 is 1.23 bits per heavy atom. The fraction of sp³-hybridized carbons (Fsp3) is 0.500. The van der Waals surface area contributed by atoms with Crippen LogP contribution in [0.1, 0.15) is 49.5 Å². The van der Waals surface area contributed by atoms with Crippen molar-refractivity contribution in [1.29, 1.82) is 0 Å². The average molecular weight is 356 g/mol. The second-order valence-electron chi connectivity index (χ2n) is 7.21. The number of fused-ring (bicyclic) bond motifs is 1. The van der Waals surface area contributed by atoms with Crippen molar-refractivity contribution in [3.05, 3.63) is 53.1 Å². The third kappa shape index (κ3) is 3.75. The second-order valence-corrected chi connectivity index (χ2v) is 7.21. The van der Waals surface area contributed by atoms with E-state index in [1.165, 1.54) is 0 Å². The van der Waals surface area contributed by atoms with E-state index in [1.807, 2.05) is 30.3 Å². The lowest BCUT2D eigenvalue weighted by molar-refractivity contribution is 0.0859.